The first kappa shape index (κ1) is 17.9. The van der Waals surface area contributed by atoms with Gasteiger partial charge in [0.25, 0.3) is 0 Å². The van der Waals surface area contributed by atoms with Crippen LogP contribution in [-0.4, -0.2) is 42.2 Å². The maximum atomic E-state index is 12.4. The summed E-state index contributed by atoms with van der Waals surface area (Å²) in [5.41, 5.74) is -1.18. The summed E-state index contributed by atoms with van der Waals surface area (Å²) < 4.78 is 2.40. The normalized spacial score (nSPS) is 11.0. The number of rotatable bonds is 7. The molecule has 0 aliphatic carbocycles. The molecule has 0 bridgehead atoms. The third kappa shape index (κ3) is 3.53. The molecule has 0 spiro atoms. The number of hydrogen-bond donors (Lipinski definition) is 3. The Morgan fingerprint density at radius 3 is 1.50 bits per heavy atom. The van der Waals surface area contributed by atoms with E-state index >= 15 is 0 Å². The Balaban J connectivity index is 2.56. The summed E-state index contributed by atoms with van der Waals surface area (Å²) in [5.74, 6) is 0. The van der Waals surface area contributed by atoms with Crippen LogP contribution in [0.4, 0.5) is 0 Å². The van der Waals surface area contributed by atoms with Crippen LogP contribution < -0.4 is 17.1 Å². The SMILES string of the molecule is O=c1n(CCO)c(=O)n(Cc2ccc(CO)cc2)c(=O)n1CCO. The standard InChI is InChI=1S/C15H19N3O6/c19-7-5-16-13(22)17(6-8-20)15(24)18(14(16)23)9-11-1-3-12(10-21)4-2-11/h1-4,19-21H,5-10H2. The third-order valence-corrected chi connectivity index (χ3v) is 3.58. The second kappa shape index (κ2) is 7.86. The number of aliphatic hydroxyl groups is 3. The molecular weight excluding hydrogens is 318 g/mol. The van der Waals surface area contributed by atoms with E-state index in [9.17, 15) is 14.4 Å². The van der Waals surface area contributed by atoms with Crippen molar-refractivity contribution in [2.75, 3.05) is 13.2 Å². The molecule has 0 radical (unpaired) electrons. The zero-order valence-corrected chi connectivity index (χ0v) is 13.0. The summed E-state index contributed by atoms with van der Waals surface area (Å²) in [7, 11) is 0. The van der Waals surface area contributed by atoms with Crippen molar-refractivity contribution in [1.82, 2.24) is 13.7 Å². The van der Waals surface area contributed by atoms with Gasteiger partial charge >= 0.3 is 17.1 Å². The first-order valence-corrected chi connectivity index (χ1v) is 7.38. The molecule has 0 atom stereocenters. The van der Waals surface area contributed by atoms with Crippen molar-refractivity contribution in [1.29, 1.82) is 0 Å². The van der Waals surface area contributed by atoms with Crippen molar-refractivity contribution in [2.45, 2.75) is 26.2 Å². The van der Waals surface area contributed by atoms with Gasteiger partial charge in [-0.25, -0.2) is 28.1 Å². The summed E-state index contributed by atoms with van der Waals surface area (Å²) in [6, 6.07) is 6.65. The molecule has 0 amide bonds. The largest absolute Gasteiger partial charge is 0.395 e. The van der Waals surface area contributed by atoms with Crippen molar-refractivity contribution in [2.24, 2.45) is 0 Å². The maximum absolute atomic E-state index is 12.4. The predicted molar refractivity (Wildman–Crippen MR) is 84.9 cm³/mol. The maximum Gasteiger partial charge on any atom is 0.336 e. The summed E-state index contributed by atoms with van der Waals surface area (Å²) in [6.07, 6.45) is 0. The number of nitrogens with zero attached hydrogens (tertiary/aromatic N) is 3. The smallest absolute Gasteiger partial charge is 0.336 e. The highest BCUT2D eigenvalue weighted by molar-refractivity contribution is 5.22. The molecule has 0 fully saturated rings. The number of aliphatic hydroxyl groups excluding tert-OH is 3. The minimum Gasteiger partial charge on any atom is -0.395 e. The van der Waals surface area contributed by atoms with Gasteiger partial charge in [-0.1, -0.05) is 24.3 Å². The second-order valence-corrected chi connectivity index (χ2v) is 5.16. The minimum absolute atomic E-state index is 0.0689. The van der Waals surface area contributed by atoms with Crippen LogP contribution in [0.3, 0.4) is 0 Å². The zero-order chi connectivity index (χ0) is 17.7. The molecule has 9 nitrogen and oxygen atoms in total. The van der Waals surface area contributed by atoms with Crippen LogP contribution in [0, 0.1) is 0 Å². The fourth-order valence-electron chi connectivity index (χ4n) is 2.33. The zero-order valence-electron chi connectivity index (χ0n) is 13.0. The van der Waals surface area contributed by atoms with Crippen LogP contribution in [0.5, 0.6) is 0 Å². The van der Waals surface area contributed by atoms with Crippen LogP contribution in [0.15, 0.2) is 38.6 Å². The molecule has 24 heavy (non-hydrogen) atoms. The molecule has 9 heteroatoms. The van der Waals surface area contributed by atoms with Gasteiger partial charge in [0.1, 0.15) is 0 Å². The lowest BCUT2D eigenvalue weighted by Gasteiger charge is -2.13. The molecule has 1 aromatic carbocycles. The van der Waals surface area contributed by atoms with Gasteiger partial charge in [0, 0.05) is 0 Å². The lowest BCUT2D eigenvalue weighted by atomic mass is 10.1. The average molecular weight is 337 g/mol. The Hall–Kier alpha value is -2.49. The molecule has 1 aromatic heterocycles. The summed E-state index contributed by atoms with van der Waals surface area (Å²) in [4.78, 5) is 36.9. The van der Waals surface area contributed by atoms with Crippen LogP contribution >= 0.6 is 0 Å². The average Bonchev–Trinajstić information content (AvgIpc) is 2.60. The molecule has 2 rings (SSSR count). The Labute approximate surface area is 136 Å². The number of benzene rings is 1. The molecule has 0 aliphatic heterocycles. The highest BCUT2D eigenvalue weighted by Crippen LogP contribution is 2.04. The van der Waals surface area contributed by atoms with Crippen LogP contribution in [-0.2, 0) is 26.2 Å². The molecule has 0 unspecified atom stereocenters. The fraction of sp³-hybridized carbons (Fsp3) is 0.400. The van der Waals surface area contributed by atoms with Gasteiger partial charge < -0.3 is 15.3 Å². The molecule has 130 valence electrons. The minimum atomic E-state index is -0.861. The second-order valence-electron chi connectivity index (χ2n) is 5.16. The Morgan fingerprint density at radius 2 is 1.08 bits per heavy atom. The quantitative estimate of drug-likeness (QED) is 0.521. The van der Waals surface area contributed by atoms with E-state index in [0.717, 1.165) is 13.7 Å². The molecule has 0 aliphatic rings. The summed E-state index contributed by atoms with van der Waals surface area (Å²) >= 11 is 0. The van der Waals surface area contributed by atoms with Gasteiger partial charge in [0.2, 0.25) is 0 Å². The van der Waals surface area contributed by atoms with E-state index in [-0.39, 0.29) is 26.2 Å². The van der Waals surface area contributed by atoms with Gasteiger partial charge in [0.05, 0.1) is 39.5 Å². The van der Waals surface area contributed by atoms with Gasteiger partial charge in [-0.3, -0.25) is 0 Å². The van der Waals surface area contributed by atoms with Crippen molar-refractivity contribution in [3.63, 3.8) is 0 Å². The first-order valence-electron chi connectivity index (χ1n) is 7.38. The fourth-order valence-corrected chi connectivity index (χ4v) is 2.33. The molecule has 3 N–H and O–H groups in total. The molecule has 0 saturated heterocycles. The van der Waals surface area contributed by atoms with Crippen molar-refractivity contribution in [3.05, 3.63) is 66.8 Å². The van der Waals surface area contributed by atoms with Crippen molar-refractivity contribution < 1.29 is 15.3 Å². The van der Waals surface area contributed by atoms with Gasteiger partial charge in [-0.2, -0.15) is 0 Å². The number of aromatic nitrogens is 3. The van der Waals surface area contributed by atoms with Crippen LogP contribution in [0.2, 0.25) is 0 Å². The van der Waals surface area contributed by atoms with Gasteiger partial charge in [0.15, 0.2) is 0 Å². The van der Waals surface area contributed by atoms with E-state index in [1.807, 2.05) is 0 Å². The first-order chi connectivity index (χ1) is 11.5. The van der Waals surface area contributed by atoms with E-state index in [1.54, 1.807) is 24.3 Å². The molecule has 2 aromatic rings. The highest BCUT2D eigenvalue weighted by Gasteiger charge is 2.15. The lowest BCUT2D eigenvalue weighted by molar-refractivity contribution is 0.251. The van der Waals surface area contributed by atoms with E-state index in [1.165, 1.54) is 0 Å². The van der Waals surface area contributed by atoms with Crippen LogP contribution in [0.25, 0.3) is 0 Å². The van der Waals surface area contributed by atoms with Crippen molar-refractivity contribution in [3.8, 4) is 0 Å². The van der Waals surface area contributed by atoms with E-state index in [4.69, 9.17) is 15.3 Å². The highest BCUT2D eigenvalue weighted by atomic mass is 16.3. The Bertz CT molecular complexity index is 818. The molecular formula is C15H19N3O6. The van der Waals surface area contributed by atoms with Crippen LogP contribution in [0.1, 0.15) is 11.1 Å². The Morgan fingerprint density at radius 1 is 0.667 bits per heavy atom. The van der Waals surface area contributed by atoms with E-state index in [0.29, 0.717) is 11.1 Å². The summed E-state index contributed by atoms with van der Waals surface area (Å²) in [5, 5.41) is 27.1. The number of hydrogen-bond acceptors (Lipinski definition) is 6. The third-order valence-electron chi connectivity index (χ3n) is 3.58. The van der Waals surface area contributed by atoms with Gasteiger partial charge in [-0.05, 0) is 11.1 Å². The molecule has 1 heterocycles. The topological polar surface area (TPSA) is 127 Å². The van der Waals surface area contributed by atoms with E-state index < -0.39 is 30.3 Å². The van der Waals surface area contributed by atoms with E-state index in [2.05, 4.69) is 0 Å². The predicted octanol–water partition coefficient (Wildman–Crippen LogP) is -2.30. The lowest BCUT2D eigenvalue weighted by Crippen LogP contribution is -2.55. The Kier molecular flexibility index (Phi) is 5.85. The summed E-state index contributed by atoms with van der Waals surface area (Å²) in [6.45, 7) is -1.54. The van der Waals surface area contributed by atoms with Gasteiger partial charge in [-0.15, -0.1) is 0 Å². The monoisotopic (exact) mass is 337 g/mol. The molecule has 0 saturated carbocycles. The van der Waals surface area contributed by atoms with Crippen molar-refractivity contribution >= 4 is 0 Å².